The minimum absolute atomic E-state index is 0.465. The number of nitrogens with one attached hydrogen (secondary N) is 1. The molecule has 0 heterocycles. The van der Waals surface area contributed by atoms with E-state index in [1.807, 2.05) is 0 Å². The topological polar surface area (TPSA) is 16.4 Å². The molecule has 0 unspecified atom stereocenters. The van der Waals surface area contributed by atoms with Crippen molar-refractivity contribution in [1.29, 1.82) is 0 Å². The molecule has 0 aromatic carbocycles. The molecule has 0 saturated heterocycles. The SMILES string of the molecule is [C-]#[N+]CNCCC(C)C. The molecule has 1 N–H and O–H groups in total. The molecule has 9 heavy (non-hydrogen) atoms. The van der Waals surface area contributed by atoms with Crippen molar-refractivity contribution in [3.05, 3.63) is 11.4 Å². The van der Waals surface area contributed by atoms with E-state index in [1.165, 1.54) is 0 Å². The molecule has 0 aromatic heterocycles. The predicted molar refractivity (Wildman–Crippen MR) is 38.9 cm³/mol. The van der Waals surface area contributed by atoms with Crippen LogP contribution in [0.1, 0.15) is 20.3 Å². The van der Waals surface area contributed by atoms with Gasteiger partial charge in [-0.15, -0.1) is 0 Å². The minimum Gasteiger partial charge on any atom is -0.300 e. The molecule has 2 nitrogen and oxygen atoms in total. The number of hydrogen-bond donors (Lipinski definition) is 1. The second-order valence-electron chi connectivity index (χ2n) is 2.50. The lowest BCUT2D eigenvalue weighted by Crippen LogP contribution is -2.15. The van der Waals surface area contributed by atoms with Gasteiger partial charge in [-0.2, -0.15) is 0 Å². The van der Waals surface area contributed by atoms with Gasteiger partial charge in [0.2, 0.25) is 0 Å². The fourth-order valence-electron chi connectivity index (χ4n) is 0.526. The van der Waals surface area contributed by atoms with Gasteiger partial charge in [0, 0.05) is 6.54 Å². The van der Waals surface area contributed by atoms with Crippen LogP contribution in [0.2, 0.25) is 0 Å². The van der Waals surface area contributed by atoms with E-state index in [0.717, 1.165) is 18.9 Å². The van der Waals surface area contributed by atoms with Crippen LogP contribution in [-0.2, 0) is 0 Å². The van der Waals surface area contributed by atoms with E-state index in [2.05, 4.69) is 24.0 Å². The molecule has 2 heteroatoms. The molecule has 0 aliphatic rings. The highest BCUT2D eigenvalue weighted by Gasteiger charge is 1.91. The Labute approximate surface area is 57.1 Å². The van der Waals surface area contributed by atoms with Crippen LogP contribution < -0.4 is 5.32 Å². The summed E-state index contributed by atoms with van der Waals surface area (Å²) >= 11 is 0. The Morgan fingerprint density at radius 3 is 2.67 bits per heavy atom. The van der Waals surface area contributed by atoms with E-state index in [1.54, 1.807) is 0 Å². The molecule has 0 fully saturated rings. The van der Waals surface area contributed by atoms with Crippen molar-refractivity contribution < 1.29 is 0 Å². The molecule has 52 valence electrons. The maximum atomic E-state index is 6.45. The van der Waals surface area contributed by atoms with Crippen molar-refractivity contribution in [1.82, 2.24) is 5.32 Å². The normalized spacial score (nSPS) is 9.56. The minimum atomic E-state index is 0.465. The highest BCUT2D eigenvalue weighted by Crippen LogP contribution is 1.95. The third-order valence-electron chi connectivity index (χ3n) is 1.09. The van der Waals surface area contributed by atoms with Gasteiger partial charge in [0.25, 0.3) is 6.67 Å². The van der Waals surface area contributed by atoms with Gasteiger partial charge in [-0.05, 0) is 12.3 Å². The fourth-order valence-corrected chi connectivity index (χ4v) is 0.526. The first-order chi connectivity index (χ1) is 4.27. The van der Waals surface area contributed by atoms with Crippen LogP contribution in [0.25, 0.3) is 4.85 Å². The molecule has 0 amide bonds. The number of nitrogens with zero attached hydrogens (tertiary/aromatic N) is 1. The summed E-state index contributed by atoms with van der Waals surface area (Å²) in [6.07, 6.45) is 1.16. The molecular formula is C7H14N2. The molecule has 0 aromatic rings. The monoisotopic (exact) mass is 126 g/mol. The lowest BCUT2D eigenvalue weighted by atomic mass is 10.1. The van der Waals surface area contributed by atoms with Gasteiger partial charge in [0.1, 0.15) is 0 Å². The smallest absolute Gasteiger partial charge is 0.268 e. The second kappa shape index (κ2) is 5.58. The van der Waals surface area contributed by atoms with Gasteiger partial charge in [-0.3, -0.25) is 10.2 Å². The maximum Gasteiger partial charge on any atom is 0.268 e. The average Bonchev–Trinajstić information content (AvgIpc) is 1.80. The number of hydrogen-bond acceptors (Lipinski definition) is 1. The lowest BCUT2D eigenvalue weighted by Gasteiger charge is -2.00. The summed E-state index contributed by atoms with van der Waals surface area (Å²) in [5.74, 6) is 0.739. The molecular weight excluding hydrogens is 112 g/mol. The van der Waals surface area contributed by atoms with Crippen molar-refractivity contribution >= 4 is 0 Å². The zero-order chi connectivity index (χ0) is 7.11. The van der Waals surface area contributed by atoms with E-state index < -0.39 is 0 Å². The van der Waals surface area contributed by atoms with Crippen LogP contribution in [0.3, 0.4) is 0 Å². The zero-order valence-corrected chi connectivity index (χ0v) is 6.15. The molecule has 0 aliphatic carbocycles. The first-order valence-corrected chi connectivity index (χ1v) is 3.31. The van der Waals surface area contributed by atoms with Crippen molar-refractivity contribution in [3.63, 3.8) is 0 Å². The first kappa shape index (κ1) is 8.45. The third-order valence-corrected chi connectivity index (χ3v) is 1.09. The Bertz CT molecular complexity index is 91.6. The van der Waals surface area contributed by atoms with Crippen molar-refractivity contribution in [2.24, 2.45) is 5.92 Å². The lowest BCUT2D eigenvalue weighted by molar-refractivity contribution is 0.552. The summed E-state index contributed by atoms with van der Waals surface area (Å²) < 4.78 is 0. The quantitative estimate of drug-likeness (QED) is 0.446. The summed E-state index contributed by atoms with van der Waals surface area (Å²) in [5, 5.41) is 3.01. The van der Waals surface area contributed by atoms with E-state index in [4.69, 9.17) is 6.57 Å². The number of rotatable bonds is 4. The van der Waals surface area contributed by atoms with Crippen LogP contribution in [0.15, 0.2) is 0 Å². The van der Waals surface area contributed by atoms with Gasteiger partial charge >= 0.3 is 0 Å². The summed E-state index contributed by atoms with van der Waals surface area (Å²) in [6.45, 7) is 12.2. The standard InChI is InChI=1S/C7H14N2/c1-7(2)4-5-9-6-8-3/h7,9H,4-6H2,1-2H3. The highest BCUT2D eigenvalue weighted by molar-refractivity contribution is 4.56. The highest BCUT2D eigenvalue weighted by atomic mass is 15.0. The molecule has 0 radical (unpaired) electrons. The first-order valence-electron chi connectivity index (χ1n) is 3.31. The molecule has 0 spiro atoms. The Morgan fingerprint density at radius 1 is 1.56 bits per heavy atom. The van der Waals surface area contributed by atoms with Crippen molar-refractivity contribution in [2.45, 2.75) is 20.3 Å². The van der Waals surface area contributed by atoms with E-state index in [0.29, 0.717) is 6.67 Å². The van der Waals surface area contributed by atoms with Crippen LogP contribution in [-0.4, -0.2) is 13.2 Å². The van der Waals surface area contributed by atoms with E-state index in [-0.39, 0.29) is 0 Å². The molecule has 0 rings (SSSR count). The van der Waals surface area contributed by atoms with E-state index in [9.17, 15) is 0 Å². The Balaban J connectivity index is 2.85. The summed E-state index contributed by atoms with van der Waals surface area (Å²) in [6, 6.07) is 0. The van der Waals surface area contributed by atoms with Crippen LogP contribution in [0, 0.1) is 12.5 Å². The van der Waals surface area contributed by atoms with Gasteiger partial charge in [-0.1, -0.05) is 13.8 Å². The second-order valence-corrected chi connectivity index (χ2v) is 2.50. The zero-order valence-electron chi connectivity index (χ0n) is 6.15. The molecule has 0 aliphatic heterocycles. The largest absolute Gasteiger partial charge is 0.300 e. The molecule has 0 saturated carbocycles. The Morgan fingerprint density at radius 2 is 2.22 bits per heavy atom. The summed E-state index contributed by atoms with van der Waals surface area (Å²) in [7, 11) is 0. The van der Waals surface area contributed by atoms with Gasteiger partial charge in [0.05, 0.1) is 0 Å². The van der Waals surface area contributed by atoms with Crippen LogP contribution in [0.4, 0.5) is 0 Å². The van der Waals surface area contributed by atoms with Crippen molar-refractivity contribution in [3.8, 4) is 0 Å². The van der Waals surface area contributed by atoms with Gasteiger partial charge in [-0.25, -0.2) is 6.57 Å². The Kier molecular flexibility index (Phi) is 5.24. The van der Waals surface area contributed by atoms with Crippen molar-refractivity contribution in [2.75, 3.05) is 13.2 Å². The maximum absolute atomic E-state index is 6.45. The van der Waals surface area contributed by atoms with Crippen LogP contribution in [0.5, 0.6) is 0 Å². The Hall–Kier alpha value is -0.550. The molecule has 0 bridgehead atoms. The average molecular weight is 126 g/mol. The van der Waals surface area contributed by atoms with E-state index >= 15 is 0 Å². The molecule has 0 atom stereocenters. The summed E-state index contributed by atoms with van der Waals surface area (Å²) in [4.78, 5) is 3.17. The van der Waals surface area contributed by atoms with Gasteiger partial charge < -0.3 is 0 Å². The van der Waals surface area contributed by atoms with Crippen LogP contribution >= 0.6 is 0 Å². The third kappa shape index (κ3) is 7.45. The fraction of sp³-hybridized carbons (Fsp3) is 0.857. The summed E-state index contributed by atoms with van der Waals surface area (Å²) in [5.41, 5.74) is 0. The predicted octanol–water partition coefficient (Wildman–Crippen LogP) is 1.50. The van der Waals surface area contributed by atoms with Gasteiger partial charge in [0.15, 0.2) is 0 Å².